The molecular weight excluding hydrogens is 250 g/mol. The number of rotatable bonds is 3. The van der Waals surface area contributed by atoms with Crippen LogP contribution in [0.25, 0.3) is 0 Å². The van der Waals surface area contributed by atoms with Crippen LogP contribution in [-0.4, -0.2) is 17.2 Å². The van der Waals surface area contributed by atoms with Crippen molar-refractivity contribution in [3.63, 3.8) is 0 Å². The zero-order valence-corrected chi connectivity index (χ0v) is 9.11. The highest BCUT2D eigenvalue weighted by atomic mass is 79.9. The lowest BCUT2D eigenvalue weighted by molar-refractivity contribution is -0.144. The minimum Gasteiger partial charge on any atom is -0.479 e. The minimum atomic E-state index is -1.01. The van der Waals surface area contributed by atoms with E-state index in [1.807, 2.05) is 0 Å². The van der Waals surface area contributed by atoms with Crippen LogP contribution in [0, 0.1) is 0 Å². The third-order valence-corrected chi connectivity index (χ3v) is 2.01. The summed E-state index contributed by atoms with van der Waals surface area (Å²) < 4.78 is 5.88. The molecule has 4 nitrogen and oxygen atoms in total. The standard InChI is InChI=1S/C9H10BrNO3/c1-5(9(12)13)14-8-3-6(10)2-7(11)4-8/h2-5H,11H2,1H3,(H,12,13). The number of nitrogen functional groups attached to an aromatic ring is 1. The van der Waals surface area contributed by atoms with Crippen LogP contribution in [-0.2, 0) is 4.79 Å². The van der Waals surface area contributed by atoms with Gasteiger partial charge in [-0.2, -0.15) is 0 Å². The summed E-state index contributed by atoms with van der Waals surface area (Å²) in [4.78, 5) is 10.5. The highest BCUT2D eigenvalue weighted by molar-refractivity contribution is 9.10. The van der Waals surface area contributed by atoms with E-state index in [1.165, 1.54) is 6.92 Å². The zero-order valence-electron chi connectivity index (χ0n) is 7.53. The van der Waals surface area contributed by atoms with Gasteiger partial charge in [-0.05, 0) is 19.1 Å². The molecular formula is C9H10BrNO3. The second-order valence-electron chi connectivity index (χ2n) is 2.82. The summed E-state index contributed by atoms with van der Waals surface area (Å²) in [5.41, 5.74) is 6.07. The average molecular weight is 260 g/mol. The molecule has 0 fully saturated rings. The highest BCUT2D eigenvalue weighted by Gasteiger charge is 2.12. The zero-order chi connectivity index (χ0) is 10.7. The Balaban J connectivity index is 2.81. The Labute approximate surface area is 89.8 Å². The number of carboxylic acids is 1. The summed E-state index contributed by atoms with van der Waals surface area (Å²) in [5.74, 6) is -0.574. The first-order chi connectivity index (χ1) is 6.49. The Morgan fingerprint density at radius 2 is 2.21 bits per heavy atom. The molecule has 0 spiro atoms. The van der Waals surface area contributed by atoms with Gasteiger partial charge in [0.2, 0.25) is 0 Å². The van der Waals surface area contributed by atoms with Gasteiger partial charge in [-0.15, -0.1) is 0 Å². The van der Waals surface area contributed by atoms with Gasteiger partial charge in [0.25, 0.3) is 0 Å². The van der Waals surface area contributed by atoms with Crippen molar-refractivity contribution in [3.8, 4) is 5.75 Å². The fourth-order valence-electron chi connectivity index (χ4n) is 0.907. The Bertz CT molecular complexity index is 334. The van der Waals surface area contributed by atoms with Gasteiger partial charge in [0, 0.05) is 16.2 Å². The van der Waals surface area contributed by atoms with E-state index >= 15 is 0 Å². The lowest BCUT2D eigenvalue weighted by Crippen LogP contribution is -2.22. The molecule has 0 aliphatic rings. The molecule has 0 aliphatic carbocycles. The number of benzene rings is 1. The van der Waals surface area contributed by atoms with Gasteiger partial charge in [0.05, 0.1) is 0 Å². The molecule has 76 valence electrons. The monoisotopic (exact) mass is 259 g/mol. The molecule has 1 aromatic rings. The minimum absolute atomic E-state index is 0.437. The van der Waals surface area contributed by atoms with Crippen LogP contribution in [0.2, 0.25) is 0 Å². The number of hydrogen-bond acceptors (Lipinski definition) is 3. The number of ether oxygens (including phenoxy) is 1. The van der Waals surface area contributed by atoms with Gasteiger partial charge >= 0.3 is 5.97 Å². The quantitative estimate of drug-likeness (QED) is 0.814. The van der Waals surface area contributed by atoms with E-state index in [-0.39, 0.29) is 0 Å². The first-order valence-corrected chi connectivity index (χ1v) is 4.74. The molecule has 0 saturated heterocycles. The molecule has 1 unspecified atom stereocenters. The summed E-state index contributed by atoms with van der Waals surface area (Å²) in [6.45, 7) is 1.46. The number of carbonyl (C=O) groups is 1. The van der Waals surface area contributed by atoms with Crippen molar-refractivity contribution in [2.75, 3.05) is 5.73 Å². The van der Waals surface area contributed by atoms with Crippen molar-refractivity contribution >= 4 is 27.6 Å². The van der Waals surface area contributed by atoms with Crippen molar-refractivity contribution in [2.24, 2.45) is 0 Å². The van der Waals surface area contributed by atoms with Crippen LogP contribution in [0.1, 0.15) is 6.92 Å². The summed E-state index contributed by atoms with van der Waals surface area (Å²) >= 11 is 3.23. The predicted octanol–water partition coefficient (Wildman–Crippen LogP) is 1.88. The van der Waals surface area contributed by atoms with Crippen molar-refractivity contribution < 1.29 is 14.6 Å². The molecule has 0 heterocycles. The second kappa shape index (κ2) is 4.32. The van der Waals surface area contributed by atoms with Crippen molar-refractivity contribution in [1.82, 2.24) is 0 Å². The van der Waals surface area contributed by atoms with Crippen LogP contribution < -0.4 is 10.5 Å². The fourth-order valence-corrected chi connectivity index (χ4v) is 1.40. The molecule has 0 radical (unpaired) electrons. The number of nitrogens with two attached hydrogens (primary N) is 1. The number of hydrogen-bond donors (Lipinski definition) is 2. The van der Waals surface area contributed by atoms with Gasteiger partial charge in [-0.25, -0.2) is 4.79 Å². The second-order valence-corrected chi connectivity index (χ2v) is 3.73. The predicted molar refractivity (Wildman–Crippen MR) is 56.3 cm³/mol. The maximum atomic E-state index is 10.5. The normalized spacial score (nSPS) is 12.1. The van der Waals surface area contributed by atoms with E-state index in [0.717, 1.165) is 4.47 Å². The topological polar surface area (TPSA) is 72.5 Å². The largest absolute Gasteiger partial charge is 0.479 e. The van der Waals surface area contributed by atoms with Gasteiger partial charge in [0.15, 0.2) is 6.10 Å². The molecule has 3 N–H and O–H groups in total. The first-order valence-electron chi connectivity index (χ1n) is 3.94. The molecule has 0 aliphatic heterocycles. The van der Waals surface area contributed by atoms with E-state index in [1.54, 1.807) is 18.2 Å². The van der Waals surface area contributed by atoms with Crippen LogP contribution in [0.15, 0.2) is 22.7 Å². The molecule has 1 rings (SSSR count). The van der Waals surface area contributed by atoms with E-state index in [9.17, 15) is 4.79 Å². The van der Waals surface area contributed by atoms with E-state index in [4.69, 9.17) is 15.6 Å². The lowest BCUT2D eigenvalue weighted by Gasteiger charge is -2.10. The SMILES string of the molecule is CC(Oc1cc(N)cc(Br)c1)C(=O)O. The maximum absolute atomic E-state index is 10.5. The van der Waals surface area contributed by atoms with Crippen LogP contribution in [0.3, 0.4) is 0 Å². The molecule has 1 atom stereocenters. The van der Waals surface area contributed by atoms with Crippen molar-refractivity contribution in [1.29, 1.82) is 0 Å². The van der Waals surface area contributed by atoms with Crippen molar-refractivity contribution in [2.45, 2.75) is 13.0 Å². The summed E-state index contributed by atoms with van der Waals surface area (Å²) in [7, 11) is 0. The summed E-state index contributed by atoms with van der Waals surface area (Å²) in [5, 5.41) is 8.61. The third kappa shape index (κ3) is 2.92. The van der Waals surface area contributed by atoms with Gasteiger partial charge in [-0.3, -0.25) is 0 Å². The molecule has 1 aromatic carbocycles. The number of anilines is 1. The molecule has 5 heteroatoms. The van der Waals surface area contributed by atoms with Gasteiger partial charge in [-0.1, -0.05) is 15.9 Å². The Kier molecular flexibility index (Phi) is 3.35. The Morgan fingerprint density at radius 3 is 2.71 bits per heavy atom. The summed E-state index contributed by atoms with van der Waals surface area (Å²) in [6, 6.07) is 4.94. The van der Waals surface area contributed by atoms with Crippen molar-refractivity contribution in [3.05, 3.63) is 22.7 Å². The van der Waals surface area contributed by atoms with Crippen LogP contribution >= 0.6 is 15.9 Å². The molecule has 0 aromatic heterocycles. The van der Waals surface area contributed by atoms with E-state index in [0.29, 0.717) is 11.4 Å². The number of halogens is 1. The molecule has 0 bridgehead atoms. The van der Waals surface area contributed by atoms with E-state index in [2.05, 4.69) is 15.9 Å². The smallest absolute Gasteiger partial charge is 0.344 e. The number of carboxylic acid groups (broad SMARTS) is 1. The lowest BCUT2D eigenvalue weighted by atomic mass is 10.3. The van der Waals surface area contributed by atoms with Crippen LogP contribution in [0.4, 0.5) is 5.69 Å². The Hall–Kier alpha value is -1.23. The van der Waals surface area contributed by atoms with Gasteiger partial charge in [0.1, 0.15) is 5.75 Å². The Morgan fingerprint density at radius 1 is 1.57 bits per heavy atom. The molecule has 0 saturated carbocycles. The van der Waals surface area contributed by atoms with E-state index < -0.39 is 12.1 Å². The molecule has 0 amide bonds. The average Bonchev–Trinajstić information content (AvgIpc) is 2.01. The third-order valence-electron chi connectivity index (χ3n) is 1.55. The van der Waals surface area contributed by atoms with Crippen LogP contribution in [0.5, 0.6) is 5.75 Å². The van der Waals surface area contributed by atoms with Gasteiger partial charge < -0.3 is 15.6 Å². The highest BCUT2D eigenvalue weighted by Crippen LogP contribution is 2.23. The number of aliphatic carboxylic acids is 1. The molecule has 14 heavy (non-hydrogen) atoms. The summed E-state index contributed by atoms with van der Waals surface area (Å²) in [6.07, 6.45) is -0.885. The first kappa shape index (κ1) is 10.8. The fraction of sp³-hybridized carbons (Fsp3) is 0.222. The maximum Gasteiger partial charge on any atom is 0.344 e.